The van der Waals surface area contributed by atoms with Crippen molar-refractivity contribution < 1.29 is 44.9 Å². The van der Waals surface area contributed by atoms with Gasteiger partial charge in [-0.1, -0.05) is 0 Å². The molecule has 1 aliphatic heterocycles. The van der Waals surface area contributed by atoms with E-state index in [1.807, 2.05) is 0 Å². The summed E-state index contributed by atoms with van der Waals surface area (Å²) in [6.45, 7) is -0.343. The lowest BCUT2D eigenvalue weighted by molar-refractivity contribution is -0.307. The fraction of sp³-hybridized carbons (Fsp3) is 0.900. The molecule has 19 heavy (non-hydrogen) atoms. The van der Waals surface area contributed by atoms with Crippen molar-refractivity contribution >= 4 is 5.97 Å². The summed E-state index contributed by atoms with van der Waals surface area (Å²) in [6, 6.07) is 0. The maximum atomic E-state index is 10.6. The Morgan fingerprint density at radius 2 is 1.84 bits per heavy atom. The van der Waals surface area contributed by atoms with Gasteiger partial charge < -0.3 is 40.1 Å². The van der Waals surface area contributed by atoms with Gasteiger partial charge in [-0.2, -0.15) is 0 Å². The van der Waals surface area contributed by atoms with Crippen LogP contribution in [0.3, 0.4) is 0 Å². The zero-order chi connectivity index (χ0) is 14.8. The highest BCUT2D eigenvalue weighted by molar-refractivity contribution is 5.76. The van der Waals surface area contributed by atoms with Crippen molar-refractivity contribution in [1.29, 1.82) is 0 Å². The Balaban J connectivity index is 2.65. The molecule has 0 amide bonds. The molecule has 1 rings (SSSR count). The van der Waals surface area contributed by atoms with Crippen molar-refractivity contribution in [2.24, 2.45) is 0 Å². The molecular weight excluding hydrogens is 264 g/mol. The molecule has 0 aliphatic carbocycles. The van der Waals surface area contributed by atoms with Gasteiger partial charge in [0.1, 0.15) is 24.4 Å². The van der Waals surface area contributed by atoms with Crippen LogP contribution < -0.4 is 0 Å². The van der Waals surface area contributed by atoms with Gasteiger partial charge in [0, 0.05) is 0 Å². The van der Waals surface area contributed by atoms with E-state index in [2.05, 4.69) is 0 Å². The van der Waals surface area contributed by atoms with Crippen LogP contribution in [0.25, 0.3) is 0 Å². The number of carbonyl (C=O) groups is 1. The summed E-state index contributed by atoms with van der Waals surface area (Å²) in [5, 5.41) is 55.6. The zero-order valence-electron chi connectivity index (χ0n) is 10.2. The van der Waals surface area contributed by atoms with Crippen LogP contribution in [-0.4, -0.2) is 86.1 Å². The highest BCUT2D eigenvalue weighted by Crippen LogP contribution is 2.22. The van der Waals surface area contributed by atoms with E-state index in [4.69, 9.17) is 19.7 Å². The van der Waals surface area contributed by atoms with Gasteiger partial charge in [-0.05, 0) is 6.92 Å². The number of rotatable bonds is 5. The molecule has 6 atom stereocenters. The van der Waals surface area contributed by atoms with Crippen molar-refractivity contribution in [1.82, 2.24) is 0 Å². The molecule has 9 heteroatoms. The summed E-state index contributed by atoms with van der Waals surface area (Å²) in [4.78, 5) is 10.6. The minimum absolute atomic E-state index is 0.625. The third kappa shape index (κ3) is 3.60. The molecule has 9 nitrogen and oxygen atoms in total. The molecule has 0 saturated carbocycles. The summed E-state index contributed by atoms with van der Waals surface area (Å²) in [5.74, 6) is -1.53. The van der Waals surface area contributed by atoms with Gasteiger partial charge in [-0.3, -0.25) is 0 Å². The highest BCUT2D eigenvalue weighted by atomic mass is 16.7. The Labute approximate surface area is 108 Å². The SMILES string of the molecule is C[C@](O)(CO[C@@H]1O[C@H](CO)[C@H](O)[C@H](O)[C@H]1O)C(=O)O. The molecule has 1 heterocycles. The average molecular weight is 282 g/mol. The largest absolute Gasteiger partial charge is 0.479 e. The summed E-state index contributed by atoms with van der Waals surface area (Å²) < 4.78 is 9.86. The number of aliphatic hydroxyl groups excluding tert-OH is 4. The molecule has 1 aliphatic rings. The Morgan fingerprint density at radius 3 is 2.32 bits per heavy atom. The van der Waals surface area contributed by atoms with Gasteiger partial charge in [0.05, 0.1) is 13.2 Å². The first-order valence-corrected chi connectivity index (χ1v) is 5.58. The van der Waals surface area contributed by atoms with Crippen LogP contribution in [0.5, 0.6) is 0 Å². The molecule has 0 bridgehead atoms. The van der Waals surface area contributed by atoms with E-state index in [1.54, 1.807) is 0 Å². The summed E-state index contributed by atoms with van der Waals surface area (Å²) in [6.07, 6.45) is -7.41. The normalized spacial score (nSPS) is 38.7. The van der Waals surface area contributed by atoms with E-state index in [0.29, 0.717) is 0 Å². The van der Waals surface area contributed by atoms with Crippen molar-refractivity contribution in [3.05, 3.63) is 0 Å². The average Bonchev–Trinajstić information content (AvgIpc) is 2.35. The molecular formula is C10H18O9. The molecule has 1 fully saturated rings. The first kappa shape index (κ1) is 16.2. The molecule has 0 aromatic heterocycles. The first-order valence-electron chi connectivity index (χ1n) is 5.58. The Kier molecular flexibility index (Phi) is 5.21. The van der Waals surface area contributed by atoms with E-state index in [-0.39, 0.29) is 0 Å². The van der Waals surface area contributed by atoms with E-state index >= 15 is 0 Å². The fourth-order valence-corrected chi connectivity index (χ4v) is 1.51. The van der Waals surface area contributed by atoms with Crippen molar-refractivity contribution in [2.45, 2.75) is 43.2 Å². The van der Waals surface area contributed by atoms with E-state index in [1.165, 1.54) is 0 Å². The van der Waals surface area contributed by atoms with Crippen LogP contribution in [0.4, 0.5) is 0 Å². The summed E-state index contributed by atoms with van der Waals surface area (Å²) in [7, 11) is 0. The number of ether oxygens (including phenoxy) is 2. The second-order valence-corrected chi connectivity index (χ2v) is 4.59. The highest BCUT2D eigenvalue weighted by Gasteiger charge is 2.45. The van der Waals surface area contributed by atoms with Crippen LogP contribution in [0.1, 0.15) is 6.92 Å². The van der Waals surface area contributed by atoms with Gasteiger partial charge in [0.25, 0.3) is 0 Å². The second-order valence-electron chi connectivity index (χ2n) is 4.59. The summed E-state index contributed by atoms with van der Waals surface area (Å²) in [5.41, 5.74) is -2.20. The molecule has 0 aromatic carbocycles. The van der Waals surface area contributed by atoms with Crippen molar-refractivity contribution in [3.63, 3.8) is 0 Å². The van der Waals surface area contributed by atoms with Crippen molar-refractivity contribution in [2.75, 3.05) is 13.2 Å². The van der Waals surface area contributed by atoms with Gasteiger partial charge >= 0.3 is 5.97 Å². The van der Waals surface area contributed by atoms with Gasteiger partial charge in [-0.15, -0.1) is 0 Å². The minimum Gasteiger partial charge on any atom is -0.479 e. The molecule has 112 valence electrons. The molecule has 0 radical (unpaired) electrons. The van der Waals surface area contributed by atoms with E-state index < -0.39 is 55.5 Å². The molecule has 6 N–H and O–H groups in total. The van der Waals surface area contributed by atoms with Gasteiger partial charge in [0.15, 0.2) is 11.9 Å². The fourth-order valence-electron chi connectivity index (χ4n) is 1.51. The quantitative estimate of drug-likeness (QED) is 0.303. The summed E-state index contributed by atoms with van der Waals surface area (Å²) >= 11 is 0. The standard InChI is InChI=1S/C10H18O9/c1-10(17,9(15)16)3-18-8-7(14)6(13)5(12)4(2-11)19-8/h4-8,11-14,17H,2-3H2,1H3,(H,15,16)/t4-,5+,6+,7-,8-,10+/m1/s1. The number of aliphatic hydroxyl groups is 5. The van der Waals surface area contributed by atoms with Crippen LogP contribution in [0.2, 0.25) is 0 Å². The van der Waals surface area contributed by atoms with Crippen LogP contribution in [0, 0.1) is 0 Å². The van der Waals surface area contributed by atoms with Crippen LogP contribution >= 0.6 is 0 Å². The smallest absolute Gasteiger partial charge is 0.337 e. The van der Waals surface area contributed by atoms with Gasteiger partial charge in [0.2, 0.25) is 0 Å². The first-order chi connectivity index (χ1) is 8.70. The van der Waals surface area contributed by atoms with Crippen LogP contribution in [0.15, 0.2) is 0 Å². The zero-order valence-corrected chi connectivity index (χ0v) is 10.2. The lowest BCUT2D eigenvalue weighted by Gasteiger charge is -2.40. The number of hydrogen-bond donors (Lipinski definition) is 6. The Hall–Kier alpha value is -0.810. The topological polar surface area (TPSA) is 157 Å². The van der Waals surface area contributed by atoms with E-state index in [0.717, 1.165) is 6.92 Å². The Morgan fingerprint density at radius 1 is 1.26 bits per heavy atom. The van der Waals surface area contributed by atoms with Gasteiger partial charge in [-0.25, -0.2) is 4.79 Å². The lowest BCUT2D eigenvalue weighted by Crippen LogP contribution is -2.59. The molecule has 1 saturated heterocycles. The Bertz CT molecular complexity index is 316. The molecule has 0 spiro atoms. The second kappa shape index (κ2) is 6.09. The van der Waals surface area contributed by atoms with E-state index in [9.17, 15) is 25.2 Å². The predicted octanol–water partition coefficient (Wildman–Crippen LogP) is -3.36. The maximum absolute atomic E-state index is 10.6. The van der Waals surface area contributed by atoms with Crippen LogP contribution in [-0.2, 0) is 14.3 Å². The monoisotopic (exact) mass is 282 g/mol. The third-order valence-corrected chi connectivity index (χ3v) is 2.84. The number of hydrogen-bond acceptors (Lipinski definition) is 8. The number of carboxylic acids is 1. The van der Waals surface area contributed by atoms with Crippen molar-refractivity contribution in [3.8, 4) is 0 Å². The predicted molar refractivity (Wildman–Crippen MR) is 58.0 cm³/mol. The number of carboxylic acid groups (broad SMARTS) is 1. The lowest BCUT2D eigenvalue weighted by atomic mass is 9.99. The molecule has 0 aromatic rings. The number of aliphatic carboxylic acids is 1. The maximum Gasteiger partial charge on any atom is 0.337 e. The molecule has 0 unspecified atom stereocenters. The minimum atomic E-state index is -2.20. The third-order valence-electron chi connectivity index (χ3n) is 2.84.